The molecule has 9 heteroatoms. The minimum atomic E-state index is -1.13. The molecule has 2 aliphatic rings. The molecule has 1 aliphatic carbocycles. The Balaban J connectivity index is 1.50. The van der Waals surface area contributed by atoms with E-state index in [1.807, 2.05) is 25.7 Å². The van der Waals surface area contributed by atoms with Gasteiger partial charge in [-0.25, -0.2) is 14.8 Å². The Morgan fingerprint density at radius 2 is 1.97 bits per heavy atom. The van der Waals surface area contributed by atoms with Crippen molar-refractivity contribution in [3.8, 4) is 0 Å². The fourth-order valence-corrected chi connectivity index (χ4v) is 5.28. The molecule has 0 spiro atoms. The highest BCUT2D eigenvalue weighted by Gasteiger charge is 2.29. The van der Waals surface area contributed by atoms with Gasteiger partial charge in [-0.1, -0.05) is 19.6 Å². The van der Waals surface area contributed by atoms with Gasteiger partial charge in [0, 0.05) is 40.0 Å². The van der Waals surface area contributed by atoms with E-state index >= 15 is 0 Å². The number of nitrogens with zero attached hydrogens (tertiary/aromatic N) is 4. The van der Waals surface area contributed by atoms with E-state index in [1.165, 1.54) is 18.4 Å². The van der Waals surface area contributed by atoms with E-state index in [9.17, 15) is 4.79 Å². The van der Waals surface area contributed by atoms with E-state index in [0.717, 1.165) is 61.2 Å². The van der Waals surface area contributed by atoms with Gasteiger partial charge in [-0.3, -0.25) is 0 Å². The fraction of sp³-hybridized carbons (Fsp3) is 0.731. The van der Waals surface area contributed by atoms with Gasteiger partial charge in [0.2, 0.25) is 0 Å². The van der Waals surface area contributed by atoms with Crippen molar-refractivity contribution >= 4 is 31.0 Å². The number of aromatic nitrogens is 3. The number of ether oxygens (including phenoxy) is 2. The number of anilines is 1. The Labute approximate surface area is 210 Å². The van der Waals surface area contributed by atoms with E-state index in [4.69, 9.17) is 9.47 Å². The van der Waals surface area contributed by atoms with Gasteiger partial charge in [0.25, 0.3) is 0 Å². The lowest BCUT2D eigenvalue weighted by molar-refractivity contribution is 0.0206. The molecule has 1 amide bonds. The summed E-state index contributed by atoms with van der Waals surface area (Å²) >= 11 is 0. The SMILES string of the molecule is CC(C)(C)OC(=O)N1CCC[C@@H](Nc2ncnc3c2c(CC2CC2)cn3COCC[Si](C)(C)C)C1. The van der Waals surface area contributed by atoms with Crippen LogP contribution in [0.1, 0.15) is 52.0 Å². The lowest BCUT2D eigenvalue weighted by atomic mass is 10.1. The molecule has 0 aromatic carbocycles. The molecule has 0 bridgehead atoms. The molecule has 1 saturated carbocycles. The van der Waals surface area contributed by atoms with Crippen molar-refractivity contribution in [3.05, 3.63) is 18.1 Å². The van der Waals surface area contributed by atoms with Crippen molar-refractivity contribution in [2.45, 2.75) is 96.9 Å². The highest BCUT2D eigenvalue weighted by atomic mass is 28.3. The van der Waals surface area contributed by atoms with Crippen LogP contribution in [-0.2, 0) is 22.6 Å². The van der Waals surface area contributed by atoms with Crippen molar-refractivity contribution in [3.63, 3.8) is 0 Å². The molecular formula is C26H43N5O3Si. The summed E-state index contributed by atoms with van der Waals surface area (Å²) in [5.74, 6) is 1.62. The van der Waals surface area contributed by atoms with Gasteiger partial charge in [-0.05, 0) is 70.4 Å². The topological polar surface area (TPSA) is 81.5 Å². The summed E-state index contributed by atoms with van der Waals surface area (Å²) in [5.41, 5.74) is 1.72. The third-order valence-corrected chi connectivity index (χ3v) is 8.28. The second-order valence-corrected chi connectivity index (χ2v) is 18.1. The van der Waals surface area contributed by atoms with Gasteiger partial charge in [0.15, 0.2) is 0 Å². The molecule has 1 atom stereocenters. The van der Waals surface area contributed by atoms with Crippen LogP contribution in [0.15, 0.2) is 12.5 Å². The summed E-state index contributed by atoms with van der Waals surface area (Å²) in [6.07, 6.45) is 9.17. The predicted molar refractivity (Wildman–Crippen MR) is 143 cm³/mol. The normalized spacial score (nSPS) is 19.3. The molecule has 194 valence electrons. The first-order valence-electron chi connectivity index (χ1n) is 13.1. The molecule has 2 aromatic rings. The molecule has 2 fully saturated rings. The average Bonchev–Trinajstić information content (AvgIpc) is 3.50. The quantitative estimate of drug-likeness (QED) is 0.361. The minimum Gasteiger partial charge on any atom is -0.444 e. The number of carbonyl (C=O) groups is 1. The molecule has 3 heterocycles. The van der Waals surface area contributed by atoms with Crippen LogP contribution in [0.2, 0.25) is 25.7 Å². The maximum absolute atomic E-state index is 12.6. The summed E-state index contributed by atoms with van der Waals surface area (Å²) in [6, 6.07) is 1.28. The smallest absolute Gasteiger partial charge is 0.410 e. The number of hydrogen-bond donors (Lipinski definition) is 1. The number of amides is 1. The zero-order valence-electron chi connectivity index (χ0n) is 22.4. The lowest BCUT2D eigenvalue weighted by Crippen LogP contribution is -2.47. The Kier molecular flexibility index (Phi) is 7.76. The van der Waals surface area contributed by atoms with Gasteiger partial charge in [0.05, 0.1) is 5.39 Å². The zero-order chi connectivity index (χ0) is 25.2. The molecule has 2 aromatic heterocycles. The first kappa shape index (κ1) is 25.9. The van der Waals surface area contributed by atoms with E-state index in [2.05, 4.69) is 45.7 Å². The predicted octanol–water partition coefficient (Wildman–Crippen LogP) is 5.51. The van der Waals surface area contributed by atoms with Crippen LogP contribution in [0.25, 0.3) is 11.0 Å². The monoisotopic (exact) mass is 501 g/mol. The number of rotatable bonds is 9. The molecule has 8 nitrogen and oxygen atoms in total. The molecule has 0 unspecified atom stereocenters. The number of likely N-dealkylation sites (tertiary alicyclic amines) is 1. The summed E-state index contributed by atoms with van der Waals surface area (Å²) in [7, 11) is -1.13. The maximum Gasteiger partial charge on any atom is 0.410 e. The van der Waals surface area contributed by atoms with Gasteiger partial charge < -0.3 is 24.3 Å². The van der Waals surface area contributed by atoms with Crippen LogP contribution in [-0.4, -0.2) is 64.9 Å². The van der Waals surface area contributed by atoms with E-state index in [0.29, 0.717) is 13.3 Å². The highest BCUT2D eigenvalue weighted by Crippen LogP contribution is 2.37. The molecule has 1 N–H and O–H groups in total. The van der Waals surface area contributed by atoms with Crippen LogP contribution < -0.4 is 5.32 Å². The van der Waals surface area contributed by atoms with Gasteiger partial charge in [-0.15, -0.1) is 0 Å². The Bertz CT molecular complexity index is 1020. The summed E-state index contributed by atoms with van der Waals surface area (Å²) in [6.45, 7) is 15.5. The van der Waals surface area contributed by atoms with Crippen LogP contribution in [0.4, 0.5) is 10.6 Å². The Hall–Kier alpha value is -2.13. The van der Waals surface area contributed by atoms with Crippen LogP contribution in [0.3, 0.4) is 0 Å². The van der Waals surface area contributed by atoms with E-state index in [-0.39, 0.29) is 12.1 Å². The summed E-state index contributed by atoms with van der Waals surface area (Å²) < 4.78 is 13.8. The second kappa shape index (κ2) is 10.5. The van der Waals surface area contributed by atoms with Crippen LogP contribution in [0, 0.1) is 5.92 Å². The maximum atomic E-state index is 12.6. The molecular weight excluding hydrogens is 458 g/mol. The summed E-state index contributed by atoms with van der Waals surface area (Å²) in [5, 5.41) is 4.76. The van der Waals surface area contributed by atoms with Gasteiger partial charge in [-0.2, -0.15) is 0 Å². The standard InChI is InChI=1S/C26H43N5O3Si/c1-26(2,3)34-25(32)30-11-7-8-21(16-30)29-23-22-20(14-19-9-10-19)15-31(24(22)28-17-27-23)18-33-12-13-35(4,5)6/h15,17,19,21H,7-14,16,18H2,1-6H3,(H,27,28,29)/t21-/m1/s1. The van der Waals surface area contributed by atoms with Crippen LogP contribution >= 0.6 is 0 Å². The molecule has 4 rings (SSSR count). The van der Waals surface area contributed by atoms with E-state index in [1.54, 1.807) is 6.33 Å². The average molecular weight is 502 g/mol. The first-order chi connectivity index (χ1) is 16.5. The molecule has 1 aliphatic heterocycles. The molecule has 0 radical (unpaired) electrons. The molecule has 1 saturated heterocycles. The van der Waals surface area contributed by atoms with Gasteiger partial charge >= 0.3 is 6.09 Å². The Morgan fingerprint density at radius 1 is 1.20 bits per heavy atom. The molecule has 35 heavy (non-hydrogen) atoms. The number of carbonyl (C=O) groups excluding carboxylic acids is 1. The largest absolute Gasteiger partial charge is 0.444 e. The Morgan fingerprint density at radius 3 is 2.66 bits per heavy atom. The van der Waals surface area contributed by atoms with E-state index < -0.39 is 13.7 Å². The second-order valence-electron chi connectivity index (χ2n) is 12.5. The number of nitrogens with one attached hydrogen (secondary N) is 1. The number of piperidine rings is 1. The van der Waals surface area contributed by atoms with Crippen LogP contribution in [0.5, 0.6) is 0 Å². The van der Waals surface area contributed by atoms with Crippen molar-refractivity contribution in [1.82, 2.24) is 19.4 Å². The third-order valence-electron chi connectivity index (χ3n) is 6.58. The van der Waals surface area contributed by atoms with Crippen molar-refractivity contribution in [2.75, 3.05) is 25.0 Å². The summed E-state index contributed by atoms with van der Waals surface area (Å²) in [4.78, 5) is 23.8. The minimum absolute atomic E-state index is 0.125. The first-order valence-corrected chi connectivity index (χ1v) is 16.8. The van der Waals surface area contributed by atoms with Gasteiger partial charge in [0.1, 0.15) is 30.1 Å². The van der Waals surface area contributed by atoms with Crippen molar-refractivity contribution < 1.29 is 14.3 Å². The fourth-order valence-electron chi connectivity index (χ4n) is 4.52. The number of hydrogen-bond acceptors (Lipinski definition) is 6. The third kappa shape index (κ3) is 7.43. The van der Waals surface area contributed by atoms with Crippen molar-refractivity contribution in [2.24, 2.45) is 5.92 Å². The lowest BCUT2D eigenvalue weighted by Gasteiger charge is -2.34. The highest BCUT2D eigenvalue weighted by molar-refractivity contribution is 6.76. The zero-order valence-corrected chi connectivity index (χ0v) is 23.4. The number of fused-ring (bicyclic) bond motifs is 1. The van der Waals surface area contributed by atoms with Crippen molar-refractivity contribution in [1.29, 1.82) is 0 Å².